The third-order valence-electron chi connectivity index (χ3n) is 13.6. The quantitative estimate of drug-likeness (QED) is 0.161. The predicted octanol–water partition coefficient (Wildman–Crippen LogP) is 16.2. The van der Waals surface area contributed by atoms with Gasteiger partial charge in [-0.1, -0.05) is 133 Å². The van der Waals surface area contributed by atoms with Gasteiger partial charge in [0.1, 0.15) is 0 Å². The van der Waals surface area contributed by atoms with E-state index in [4.69, 9.17) is 15.0 Å². The van der Waals surface area contributed by atoms with E-state index >= 15 is 0 Å². The fourth-order valence-corrected chi connectivity index (χ4v) is 10.4. The lowest BCUT2D eigenvalue weighted by Crippen LogP contribution is -2.01. The molecule has 14 rings (SSSR count). The van der Waals surface area contributed by atoms with E-state index in [0.29, 0.717) is 17.5 Å². The summed E-state index contributed by atoms with van der Waals surface area (Å²) in [4.78, 5) is 25.6. The molecule has 314 valence electrons. The van der Waals surface area contributed by atoms with Gasteiger partial charge in [0.05, 0.1) is 11.0 Å². The molecule has 0 radical (unpaired) electrons. The van der Waals surface area contributed by atoms with Crippen molar-refractivity contribution in [3.05, 3.63) is 225 Å². The highest BCUT2D eigenvalue weighted by molar-refractivity contribution is 6.16. The molecule has 0 spiro atoms. The summed E-state index contributed by atoms with van der Waals surface area (Å²) in [7, 11) is 0. The first-order valence-corrected chi connectivity index (χ1v) is 22.9. The molecule has 0 bridgehead atoms. The molecule has 0 saturated heterocycles. The van der Waals surface area contributed by atoms with Crippen LogP contribution < -0.4 is 0 Å². The van der Waals surface area contributed by atoms with Crippen molar-refractivity contribution >= 4 is 86.4 Å². The summed E-state index contributed by atoms with van der Waals surface area (Å²) in [5.74, 6) is 1.76. The number of aromatic nitrogens is 5. The Bertz CT molecular complexity index is 4020. The topological polar surface area (TPSA) is 64.5 Å². The van der Waals surface area contributed by atoms with Gasteiger partial charge in [0, 0.05) is 39.9 Å². The molecule has 68 heavy (non-hydrogen) atoms. The van der Waals surface area contributed by atoms with Crippen LogP contribution in [0.5, 0.6) is 0 Å². The fourth-order valence-electron chi connectivity index (χ4n) is 10.4. The second-order valence-corrected chi connectivity index (χ2v) is 17.7. The van der Waals surface area contributed by atoms with E-state index in [0.717, 1.165) is 71.2 Å². The van der Waals surface area contributed by atoms with Crippen molar-refractivity contribution in [3.8, 4) is 56.4 Å². The maximum Gasteiger partial charge on any atom is 0.164 e. The van der Waals surface area contributed by atoms with Crippen LogP contribution in [-0.4, -0.2) is 24.9 Å². The van der Waals surface area contributed by atoms with Crippen LogP contribution in [0.3, 0.4) is 0 Å². The summed E-state index contributed by atoms with van der Waals surface area (Å²) < 4.78 is 0. The Morgan fingerprint density at radius 2 is 0.574 bits per heavy atom. The first-order valence-electron chi connectivity index (χ1n) is 22.9. The summed E-state index contributed by atoms with van der Waals surface area (Å²) in [5, 5.41) is 16.1. The van der Waals surface area contributed by atoms with E-state index in [9.17, 15) is 0 Å². The monoisotopic (exact) mass is 863 g/mol. The van der Waals surface area contributed by atoms with E-state index < -0.39 is 0 Å². The highest BCUT2D eigenvalue weighted by Gasteiger charge is 2.20. The zero-order valence-electron chi connectivity index (χ0n) is 36.6. The fraction of sp³-hybridized carbons (Fsp3) is 0. The van der Waals surface area contributed by atoms with Crippen molar-refractivity contribution in [2.45, 2.75) is 0 Å². The number of hydrogen-bond acceptors (Lipinski definition) is 5. The van der Waals surface area contributed by atoms with Crippen LogP contribution >= 0.6 is 0 Å². The number of hydrogen-bond donors (Lipinski definition) is 0. The number of fused-ring (bicyclic) bond motifs is 8. The first kappa shape index (κ1) is 38.1. The van der Waals surface area contributed by atoms with Crippen molar-refractivity contribution in [2.75, 3.05) is 0 Å². The van der Waals surface area contributed by atoms with Crippen LogP contribution in [0.2, 0.25) is 0 Å². The summed E-state index contributed by atoms with van der Waals surface area (Å²) in [6, 6.07) is 76.2. The van der Waals surface area contributed by atoms with Gasteiger partial charge in [-0.15, -0.1) is 0 Å². The van der Waals surface area contributed by atoms with Crippen molar-refractivity contribution < 1.29 is 0 Å². The molecule has 11 aromatic carbocycles. The van der Waals surface area contributed by atoms with Crippen molar-refractivity contribution in [1.82, 2.24) is 24.9 Å². The van der Waals surface area contributed by atoms with Crippen molar-refractivity contribution in [2.24, 2.45) is 0 Å². The molecule has 3 heterocycles. The SMILES string of the molecule is c1cnc2cc3cc(-c4nc(-c5cc(-c6c7ccccc7cc7ccccc67)cc(-c6c7ccccc7cc7ccccc67)c5)nc(-c5ccc6cc7cccnc7cc6c5)n4)ccc3cc2c1. The second-order valence-electron chi connectivity index (χ2n) is 17.7. The molecule has 0 N–H and O–H groups in total. The molecular formula is C63H37N5. The maximum absolute atomic E-state index is 5.44. The smallest absolute Gasteiger partial charge is 0.164 e. The normalized spacial score (nSPS) is 11.8. The van der Waals surface area contributed by atoms with E-state index in [1.807, 2.05) is 24.5 Å². The van der Waals surface area contributed by atoms with Crippen LogP contribution in [0.4, 0.5) is 0 Å². The lowest BCUT2D eigenvalue weighted by atomic mass is 9.87. The molecule has 0 aliphatic carbocycles. The molecule has 0 atom stereocenters. The molecule has 0 unspecified atom stereocenters. The highest BCUT2D eigenvalue weighted by Crippen LogP contribution is 2.44. The third kappa shape index (κ3) is 6.36. The van der Waals surface area contributed by atoms with Crippen molar-refractivity contribution in [3.63, 3.8) is 0 Å². The highest BCUT2D eigenvalue weighted by atomic mass is 15.0. The first-order chi connectivity index (χ1) is 33.6. The molecular weight excluding hydrogens is 827 g/mol. The van der Waals surface area contributed by atoms with E-state index in [1.54, 1.807) is 0 Å². The van der Waals surface area contributed by atoms with Gasteiger partial charge < -0.3 is 0 Å². The van der Waals surface area contributed by atoms with Crippen LogP contribution in [0.15, 0.2) is 225 Å². The predicted molar refractivity (Wildman–Crippen MR) is 283 cm³/mol. The number of nitrogens with zero attached hydrogens (tertiary/aromatic N) is 5. The Hall–Kier alpha value is -9.19. The number of rotatable bonds is 5. The van der Waals surface area contributed by atoms with Gasteiger partial charge >= 0.3 is 0 Å². The number of benzene rings is 11. The summed E-state index contributed by atoms with van der Waals surface area (Å²) in [6.45, 7) is 0. The van der Waals surface area contributed by atoms with Crippen LogP contribution in [-0.2, 0) is 0 Å². The summed E-state index contributed by atoms with van der Waals surface area (Å²) in [5.41, 5.74) is 9.08. The van der Waals surface area contributed by atoms with E-state index in [1.165, 1.54) is 54.2 Å². The van der Waals surface area contributed by atoms with Gasteiger partial charge in [-0.2, -0.15) is 0 Å². The second kappa shape index (κ2) is 15.2. The average Bonchev–Trinajstić information content (AvgIpc) is 3.39. The Morgan fingerprint density at radius 3 is 1.00 bits per heavy atom. The molecule has 14 aromatic rings. The van der Waals surface area contributed by atoms with Gasteiger partial charge in [0.15, 0.2) is 17.5 Å². The third-order valence-corrected chi connectivity index (χ3v) is 13.6. The Kier molecular flexibility index (Phi) is 8.52. The minimum Gasteiger partial charge on any atom is -0.256 e. The van der Waals surface area contributed by atoms with Gasteiger partial charge in [-0.3, -0.25) is 9.97 Å². The molecule has 0 amide bonds. The molecule has 5 nitrogen and oxygen atoms in total. The summed E-state index contributed by atoms with van der Waals surface area (Å²) in [6.07, 6.45) is 3.69. The lowest BCUT2D eigenvalue weighted by molar-refractivity contribution is 1.08. The zero-order valence-corrected chi connectivity index (χ0v) is 36.6. The molecule has 3 aromatic heterocycles. The maximum atomic E-state index is 5.44. The number of pyridine rings is 2. The van der Waals surface area contributed by atoms with Gasteiger partial charge in [0.2, 0.25) is 0 Å². The van der Waals surface area contributed by atoms with Gasteiger partial charge in [-0.25, -0.2) is 15.0 Å². The van der Waals surface area contributed by atoms with E-state index in [2.05, 4.69) is 210 Å². The van der Waals surface area contributed by atoms with E-state index in [-0.39, 0.29) is 0 Å². The van der Waals surface area contributed by atoms with Crippen LogP contribution in [0.25, 0.3) is 143 Å². The molecule has 0 aliphatic heterocycles. The minimum atomic E-state index is 0.586. The largest absolute Gasteiger partial charge is 0.256 e. The Balaban J connectivity index is 1.07. The lowest BCUT2D eigenvalue weighted by Gasteiger charge is -2.18. The standard InChI is InChI=1S/C63H37N5/c1-5-17-53-40(11-1)29-41-12-2-6-18-54(41)59(53)50-33-51(60-55-19-7-3-13-42(55)30-43-14-4-8-20-56(43)60)35-52(34-50)63-67-61(46-23-21-38-27-44-15-9-25-64-57(44)36-48(38)31-46)66-62(68-63)47-24-22-39-28-45-16-10-26-65-58(45)37-49(39)32-47/h1-37H. The van der Waals surface area contributed by atoms with Gasteiger partial charge in [0.25, 0.3) is 0 Å². The van der Waals surface area contributed by atoms with Crippen LogP contribution in [0.1, 0.15) is 0 Å². The summed E-state index contributed by atoms with van der Waals surface area (Å²) >= 11 is 0. The Morgan fingerprint density at radius 1 is 0.221 bits per heavy atom. The van der Waals surface area contributed by atoms with Crippen molar-refractivity contribution in [1.29, 1.82) is 0 Å². The average molecular weight is 864 g/mol. The molecule has 0 saturated carbocycles. The van der Waals surface area contributed by atoms with Crippen LogP contribution in [0, 0.1) is 0 Å². The zero-order chi connectivity index (χ0) is 44.7. The molecule has 5 heteroatoms. The molecule has 0 fully saturated rings. The van der Waals surface area contributed by atoms with Gasteiger partial charge in [-0.05, 0) is 166 Å². The Labute approximate surface area is 390 Å². The minimum absolute atomic E-state index is 0.586. The molecule has 0 aliphatic rings.